The van der Waals surface area contributed by atoms with Crippen LogP contribution in [0.2, 0.25) is 0 Å². The Morgan fingerprint density at radius 1 is 0.929 bits per heavy atom. The Hall–Kier alpha value is -3.18. The molecule has 4 rings (SSSR count). The molecule has 0 spiro atoms. The standard InChI is InChI=1S/C23H21FN2O2/c24-18-11-13-19(14-12-18)28-16-6-15-26-21-10-5-4-9-20(21)25-23(26)22(27)17-7-2-1-3-8-17/h1-5,7-14,22,27H,6,15-16H2/t22-/m0/s1. The molecule has 1 aromatic heterocycles. The van der Waals surface area contributed by atoms with E-state index in [1.54, 1.807) is 12.1 Å². The first kappa shape index (κ1) is 18.2. The zero-order chi connectivity index (χ0) is 19.3. The van der Waals surface area contributed by atoms with Crippen LogP contribution >= 0.6 is 0 Å². The van der Waals surface area contributed by atoms with E-state index in [0.29, 0.717) is 24.7 Å². The summed E-state index contributed by atoms with van der Waals surface area (Å²) in [6.07, 6.45) is -0.0710. The zero-order valence-electron chi connectivity index (χ0n) is 15.3. The number of ether oxygens (including phenoxy) is 1. The molecule has 142 valence electrons. The van der Waals surface area contributed by atoms with Gasteiger partial charge in [-0.1, -0.05) is 42.5 Å². The summed E-state index contributed by atoms with van der Waals surface area (Å²) in [6, 6.07) is 23.4. The van der Waals surface area contributed by atoms with E-state index >= 15 is 0 Å². The van der Waals surface area contributed by atoms with Crippen LogP contribution in [0.4, 0.5) is 4.39 Å². The molecular formula is C23H21FN2O2. The second kappa shape index (κ2) is 8.23. The largest absolute Gasteiger partial charge is 0.494 e. The fourth-order valence-corrected chi connectivity index (χ4v) is 3.27. The van der Waals surface area contributed by atoms with E-state index in [0.717, 1.165) is 23.0 Å². The molecule has 0 fully saturated rings. The van der Waals surface area contributed by atoms with Gasteiger partial charge in [-0.05, 0) is 48.4 Å². The Kier molecular flexibility index (Phi) is 5.35. The fourth-order valence-electron chi connectivity index (χ4n) is 3.27. The van der Waals surface area contributed by atoms with Crippen molar-refractivity contribution in [1.82, 2.24) is 9.55 Å². The number of fused-ring (bicyclic) bond motifs is 1. The molecular weight excluding hydrogens is 355 g/mol. The molecule has 0 aliphatic rings. The lowest BCUT2D eigenvalue weighted by Gasteiger charge is -2.15. The number of rotatable bonds is 7. The third-order valence-corrected chi connectivity index (χ3v) is 4.65. The minimum atomic E-state index is -0.799. The monoisotopic (exact) mass is 376 g/mol. The highest BCUT2D eigenvalue weighted by Gasteiger charge is 2.19. The zero-order valence-corrected chi connectivity index (χ0v) is 15.3. The molecule has 0 bridgehead atoms. The van der Waals surface area contributed by atoms with Crippen molar-refractivity contribution in [2.75, 3.05) is 6.61 Å². The van der Waals surface area contributed by atoms with Crippen LogP contribution in [0.15, 0.2) is 78.9 Å². The Bertz CT molecular complexity index is 1050. The highest BCUT2D eigenvalue weighted by molar-refractivity contribution is 5.76. The van der Waals surface area contributed by atoms with Gasteiger partial charge < -0.3 is 14.4 Å². The van der Waals surface area contributed by atoms with Crippen LogP contribution in [0.5, 0.6) is 5.75 Å². The Labute approximate surface area is 162 Å². The normalized spacial score (nSPS) is 12.2. The third kappa shape index (κ3) is 3.89. The van der Waals surface area contributed by atoms with Crippen molar-refractivity contribution in [1.29, 1.82) is 0 Å². The van der Waals surface area contributed by atoms with E-state index in [1.165, 1.54) is 12.1 Å². The SMILES string of the molecule is O[C@@H](c1ccccc1)c1nc2ccccc2n1CCCOc1ccc(F)cc1. The quantitative estimate of drug-likeness (QED) is 0.475. The first-order valence-electron chi connectivity index (χ1n) is 9.29. The summed E-state index contributed by atoms with van der Waals surface area (Å²) >= 11 is 0. The van der Waals surface area contributed by atoms with Crippen LogP contribution < -0.4 is 4.74 Å². The van der Waals surface area contributed by atoms with Gasteiger partial charge in [-0.15, -0.1) is 0 Å². The number of para-hydroxylation sites is 2. The molecule has 1 heterocycles. The molecule has 0 unspecified atom stereocenters. The predicted molar refractivity (Wildman–Crippen MR) is 107 cm³/mol. The lowest BCUT2D eigenvalue weighted by Crippen LogP contribution is -2.12. The number of aromatic nitrogens is 2. The van der Waals surface area contributed by atoms with Crippen molar-refractivity contribution in [2.45, 2.75) is 19.1 Å². The van der Waals surface area contributed by atoms with Gasteiger partial charge >= 0.3 is 0 Å². The summed E-state index contributed by atoms with van der Waals surface area (Å²) < 4.78 is 20.7. The summed E-state index contributed by atoms with van der Waals surface area (Å²) in [5.41, 5.74) is 2.64. The molecule has 3 aromatic carbocycles. The number of benzene rings is 3. The van der Waals surface area contributed by atoms with Gasteiger partial charge in [-0.2, -0.15) is 0 Å². The van der Waals surface area contributed by atoms with Gasteiger partial charge in [0.25, 0.3) is 0 Å². The van der Waals surface area contributed by atoms with Crippen molar-refractivity contribution in [2.24, 2.45) is 0 Å². The number of aliphatic hydroxyl groups excluding tert-OH is 1. The van der Waals surface area contributed by atoms with Gasteiger partial charge in [0.05, 0.1) is 17.6 Å². The molecule has 1 N–H and O–H groups in total. The second-order valence-corrected chi connectivity index (χ2v) is 6.58. The summed E-state index contributed by atoms with van der Waals surface area (Å²) in [5.74, 6) is 0.979. The highest BCUT2D eigenvalue weighted by Crippen LogP contribution is 2.26. The molecule has 0 radical (unpaired) electrons. The molecule has 0 saturated heterocycles. The molecule has 4 nitrogen and oxygen atoms in total. The van der Waals surface area contributed by atoms with Gasteiger partial charge in [-0.3, -0.25) is 0 Å². The van der Waals surface area contributed by atoms with E-state index in [9.17, 15) is 9.50 Å². The first-order valence-corrected chi connectivity index (χ1v) is 9.29. The molecule has 1 atom stereocenters. The lowest BCUT2D eigenvalue weighted by atomic mass is 10.1. The van der Waals surface area contributed by atoms with Crippen molar-refractivity contribution in [3.05, 3.63) is 96.1 Å². The van der Waals surface area contributed by atoms with Crippen LogP contribution in [0, 0.1) is 5.82 Å². The van der Waals surface area contributed by atoms with Crippen LogP contribution in [-0.4, -0.2) is 21.3 Å². The Morgan fingerprint density at radius 2 is 1.64 bits per heavy atom. The number of hydrogen-bond acceptors (Lipinski definition) is 3. The molecule has 0 aliphatic carbocycles. The minimum Gasteiger partial charge on any atom is -0.494 e. The number of aliphatic hydroxyl groups is 1. The number of halogens is 1. The average Bonchev–Trinajstić information content (AvgIpc) is 3.11. The molecule has 0 aliphatic heterocycles. The van der Waals surface area contributed by atoms with Gasteiger partial charge in [0.2, 0.25) is 0 Å². The van der Waals surface area contributed by atoms with E-state index in [1.807, 2.05) is 59.2 Å². The summed E-state index contributed by atoms with van der Waals surface area (Å²) in [6.45, 7) is 1.14. The van der Waals surface area contributed by atoms with E-state index in [2.05, 4.69) is 4.98 Å². The van der Waals surface area contributed by atoms with Crippen molar-refractivity contribution in [3.8, 4) is 5.75 Å². The number of aryl methyl sites for hydroxylation is 1. The molecule has 4 aromatic rings. The van der Waals surface area contributed by atoms with Gasteiger partial charge in [-0.25, -0.2) is 9.37 Å². The second-order valence-electron chi connectivity index (χ2n) is 6.58. The summed E-state index contributed by atoms with van der Waals surface area (Å²) in [4.78, 5) is 4.67. The maximum Gasteiger partial charge on any atom is 0.143 e. The third-order valence-electron chi connectivity index (χ3n) is 4.65. The number of hydrogen-bond donors (Lipinski definition) is 1. The van der Waals surface area contributed by atoms with Gasteiger partial charge in [0.15, 0.2) is 0 Å². The maximum atomic E-state index is 13.0. The fraction of sp³-hybridized carbons (Fsp3) is 0.174. The van der Waals surface area contributed by atoms with Crippen LogP contribution in [0.1, 0.15) is 23.9 Å². The molecule has 28 heavy (non-hydrogen) atoms. The Morgan fingerprint density at radius 3 is 2.43 bits per heavy atom. The first-order chi connectivity index (χ1) is 13.7. The summed E-state index contributed by atoms with van der Waals surface area (Å²) in [5, 5.41) is 10.9. The number of nitrogens with zero attached hydrogens (tertiary/aromatic N) is 2. The van der Waals surface area contributed by atoms with E-state index < -0.39 is 6.10 Å². The van der Waals surface area contributed by atoms with Crippen molar-refractivity contribution in [3.63, 3.8) is 0 Å². The smallest absolute Gasteiger partial charge is 0.143 e. The van der Waals surface area contributed by atoms with E-state index in [4.69, 9.17) is 4.74 Å². The molecule has 5 heteroatoms. The average molecular weight is 376 g/mol. The van der Waals surface area contributed by atoms with Crippen LogP contribution in [0.25, 0.3) is 11.0 Å². The minimum absolute atomic E-state index is 0.281. The van der Waals surface area contributed by atoms with Gasteiger partial charge in [0, 0.05) is 6.54 Å². The Balaban J connectivity index is 1.52. The summed E-state index contributed by atoms with van der Waals surface area (Å²) in [7, 11) is 0. The number of imidazole rings is 1. The van der Waals surface area contributed by atoms with E-state index in [-0.39, 0.29) is 5.82 Å². The van der Waals surface area contributed by atoms with Crippen molar-refractivity contribution < 1.29 is 14.2 Å². The van der Waals surface area contributed by atoms with Crippen LogP contribution in [-0.2, 0) is 6.54 Å². The van der Waals surface area contributed by atoms with Crippen molar-refractivity contribution >= 4 is 11.0 Å². The van der Waals surface area contributed by atoms with Crippen LogP contribution in [0.3, 0.4) is 0 Å². The molecule has 0 saturated carbocycles. The van der Waals surface area contributed by atoms with Gasteiger partial charge in [0.1, 0.15) is 23.5 Å². The highest BCUT2D eigenvalue weighted by atomic mass is 19.1. The topological polar surface area (TPSA) is 47.3 Å². The maximum absolute atomic E-state index is 13.0. The lowest BCUT2D eigenvalue weighted by molar-refractivity contribution is 0.203. The molecule has 0 amide bonds. The predicted octanol–water partition coefficient (Wildman–Crippen LogP) is 4.73.